The second kappa shape index (κ2) is 5.90. The molecule has 4 nitrogen and oxygen atoms in total. The van der Waals surface area contributed by atoms with Crippen molar-refractivity contribution in [1.82, 2.24) is 0 Å². The molecule has 0 spiro atoms. The molecule has 1 aromatic heterocycles. The second-order valence-corrected chi connectivity index (χ2v) is 6.03. The van der Waals surface area contributed by atoms with Gasteiger partial charge in [-0.1, -0.05) is 0 Å². The molecule has 0 bridgehead atoms. The first-order valence-electron chi connectivity index (χ1n) is 7.74. The molecule has 1 aliphatic rings. The maximum atomic E-state index is 11.7. The maximum absolute atomic E-state index is 11.7. The fourth-order valence-electron chi connectivity index (χ4n) is 3.26. The van der Waals surface area contributed by atoms with E-state index in [0.717, 1.165) is 36.1 Å². The number of rotatable bonds is 2. The molecule has 0 amide bonds. The van der Waals surface area contributed by atoms with Gasteiger partial charge in [0.2, 0.25) is 0 Å². The summed E-state index contributed by atoms with van der Waals surface area (Å²) in [6.45, 7) is 4.85. The van der Waals surface area contributed by atoms with E-state index in [1.807, 2.05) is 13.0 Å². The van der Waals surface area contributed by atoms with E-state index in [1.165, 1.54) is 36.6 Å². The largest absolute Gasteiger partial charge is 0.507 e. The van der Waals surface area contributed by atoms with Crippen molar-refractivity contribution in [3.05, 3.63) is 39.7 Å². The molecule has 1 aromatic carbocycles. The number of quaternary nitrogens is 1. The molecule has 1 fully saturated rings. The molecule has 0 atom stereocenters. The lowest BCUT2D eigenvalue weighted by Gasteiger charge is -2.18. The van der Waals surface area contributed by atoms with Crippen LogP contribution in [-0.4, -0.2) is 18.2 Å². The third kappa shape index (κ3) is 2.95. The van der Waals surface area contributed by atoms with E-state index >= 15 is 0 Å². The highest BCUT2D eigenvalue weighted by molar-refractivity contribution is 5.84. The molecule has 0 aliphatic carbocycles. The van der Waals surface area contributed by atoms with Gasteiger partial charge in [0.05, 0.1) is 18.7 Å². The minimum Gasteiger partial charge on any atom is -0.507 e. The van der Waals surface area contributed by atoms with Gasteiger partial charge >= 0.3 is 5.63 Å². The van der Waals surface area contributed by atoms with Crippen LogP contribution in [0.25, 0.3) is 11.0 Å². The molecule has 0 unspecified atom stereocenters. The number of likely N-dealkylation sites (tertiary alicyclic amines) is 1. The molecule has 3 rings (SSSR count). The molecule has 0 saturated carbocycles. The minimum absolute atomic E-state index is 0.230. The summed E-state index contributed by atoms with van der Waals surface area (Å²) in [5.74, 6) is 0.230. The van der Waals surface area contributed by atoms with E-state index in [-0.39, 0.29) is 11.4 Å². The van der Waals surface area contributed by atoms with Crippen molar-refractivity contribution in [2.75, 3.05) is 13.1 Å². The standard InChI is InChI=1S/C17H21NO3/c1-12-10-16(20)21-17-13(12)6-7-15(19)14(17)11-18-8-4-2-3-5-9-18/h6-7,10,19H,2-5,8-9,11H2,1H3/p+1. The highest BCUT2D eigenvalue weighted by Crippen LogP contribution is 2.27. The zero-order valence-electron chi connectivity index (χ0n) is 12.4. The summed E-state index contributed by atoms with van der Waals surface area (Å²) in [7, 11) is 0. The highest BCUT2D eigenvalue weighted by Gasteiger charge is 2.19. The Kier molecular flexibility index (Phi) is 3.97. The molecule has 4 heteroatoms. The average Bonchev–Trinajstić information content (AvgIpc) is 2.70. The molecular formula is C17H22NO3+. The van der Waals surface area contributed by atoms with Gasteiger partial charge in [-0.25, -0.2) is 4.79 Å². The Hall–Kier alpha value is -1.81. The van der Waals surface area contributed by atoms with Crippen LogP contribution in [0.5, 0.6) is 5.75 Å². The first-order chi connectivity index (χ1) is 10.1. The van der Waals surface area contributed by atoms with Crippen molar-refractivity contribution in [2.24, 2.45) is 0 Å². The van der Waals surface area contributed by atoms with Crippen molar-refractivity contribution >= 4 is 11.0 Å². The molecule has 1 aliphatic heterocycles. The van der Waals surface area contributed by atoms with Crippen molar-refractivity contribution < 1.29 is 14.4 Å². The zero-order chi connectivity index (χ0) is 14.8. The summed E-state index contributed by atoms with van der Waals surface area (Å²) in [4.78, 5) is 13.1. The van der Waals surface area contributed by atoms with E-state index in [9.17, 15) is 9.90 Å². The van der Waals surface area contributed by atoms with Crippen LogP contribution >= 0.6 is 0 Å². The van der Waals surface area contributed by atoms with Crippen LogP contribution in [0.4, 0.5) is 0 Å². The van der Waals surface area contributed by atoms with Crippen LogP contribution in [0.15, 0.2) is 27.4 Å². The molecule has 2 N–H and O–H groups in total. The van der Waals surface area contributed by atoms with E-state index in [4.69, 9.17) is 4.42 Å². The molecule has 2 heterocycles. The van der Waals surface area contributed by atoms with Gasteiger partial charge in [0, 0.05) is 11.5 Å². The molecule has 0 radical (unpaired) electrons. The van der Waals surface area contributed by atoms with Gasteiger partial charge in [0.1, 0.15) is 12.3 Å². The second-order valence-electron chi connectivity index (χ2n) is 6.03. The van der Waals surface area contributed by atoms with Gasteiger partial charge in [-0.3, -0.25) is 0 Å². The lowest BCUT2D eigenvalue weighted by atomic mass is 10.1. The average molecular weight is 288 g/mol. The third-order valence-electron chi connectivity index (χ3n) is 4.44. The summed E-state index contributed by atoms with van der Waals surface area (Å²) >= 11 is 0. The van der Waals surface area contributed by atoms with Crippen LogP contribution in [-0.2, 0) is 6.54 Å². The number of hydrogen-bond donors (Lipinski definition) is 2. The van der Waals surface area contributed by atoms with E-state index in [2.05, 4.69) is 0 Å². The highest BCUT2D eigenvalue weighted by atomic mass is 16.4. The van der Waals surface area contributed by atoms with Gasteiger partial charge in [-0.15, -0.1) is 0 Å². The molecule has 112 valence electrons. The normalized spacial score (nSPS) is 17.0. The Morgan fingerprint density at radius 1 is 1.19 bits per heavy atom. The molecule has 1 saturated heterocycles. The minimum atomic E-state index is -0.349. The Morgan fingerprint density at radius 3 is 2.62 bits per heavy atom. The number of aryl methyl sites for hydroxylation is 1. The third-order valence-corrected chi connectivity index (χ3v) is 4.44. The molecular weight excluding hydrogens is 266 g/mol. The number of hydrogen-bond acceptors (Lipinski definition) is 3. The summed E-state index contributed by atoms with van der Waals surface area (Å²) in [5.41, 5.74) is 1.87. The summed E-state index contributed by atoms with van der Waals surface area (Å²) in [6.07, 6.45) is 5.03. The van der Waals surface area contributed by atoms with Crippen molar-refractivity contribution in [3.63, 3.8) is 0 Å². The summed E-state index contributed by atoms with van der Waals surface area (Å²) < 4.78 is 5.40. The number of nitrogens with one attached hydrogen (secondary N) is 1. The first-order valence-corrected chi connectivity index (χ1v) is 7.74. The van der Waals surface area contributed by atoms with Crippen LogP contribution in [0.2, 0.25) is 0 Å². The topological polar surface area (TPSA) is 54.9 Å². The monoisotopic (exact) mass is 288 g/mol. The SMILES string of the molecule is Cc1cc(=O)oc2c(C[NH+]3CCCCCC3)c(O)ccc12. The number of aromatic hydroxyl groups is 1. The quantitative estimate of drug-likeness (QED) is 0.828. The predicted molar refractivity (Wildman–Crippen MR) is 81.8 cm³/mol. The fourth-order valence-corrected chi connectivity index (χ4v) is 3.26. The zero-order valence-corrected chi connectivity index (χ0v) is 12.4. The Morgan fingerprint density at radius 2 is 1.90 bits per heavy atom. The van der Waals surface area contributed by atoms with Crippen molar-refractivity contribution in [1.29, 1.82) is 0 Å². The first kappa shape index (κ1) is 14.1. The predicted octanol–water partition coefficient (Wildman–Crippen LogP) is 1.77. The van der Waals surface area contributed by atoms with Crippen molar-refractivity contribution in [3.8, 4) is 5.75 Å². The lowest BCUT2D eigenvalue weighted by molar-refractivity contribution is -0.913. The molecule has 2 aromatic rings. The van der Waals surface area contributed by atoms with Gasteiger partial charge in [-0.2, -0.15) is 0 Å². The van der Waals surface area contributed by atoms with Crippen LogP contribution < -0.4 is 10.5 Å². The number of phenols is 1. The smallest absolute Gasteiger partial charge is 0.336 e. The number of phenolic OH excluding ortho intramolecular Hbond substituents is 1. The summed E-state index contributed by atoms with van der Waals surface area (Å²) in [5, 5.41) is 11.1. The lowest BCUT2D eigenvalue weighted by Crippen LogP contribution is -3.10. The number of fused-ring (bicyclic) bond motifs is 1. The van der Waals surface area contributed by atoms with E-state index in [1.54, 1.807) is 6.07 Å². The van der Waals surface area contributed by atoms with Gasteiger partial charge in [-0.05, 0) is 50.3 Å². The Bertz CT molecular complexity index is 697. The van der Waals surface area contributed by atoms with Gasteiger partial charge < -0.3 is 14.4 Å². The summed E-state index contributed by atoms with van der Waals surface area (Å²) in [6, 6.07) is 5.04. The fraction of sp³-hybridized carbons (Fsp3) is 0.471. The van der Waals surface area contributed by atoms with Crippen molar-refractivity contribution in [2.45, 2.75) is 39.2 Å². The van der Waals surface area contributed by atoms with Crippen LogP contribution in [0, 0.1) is 6.92 Å². The number of benzene rings is 1. The van der Waals surface area contributed by atoms with E-state index in [0.29, 0.717) is 5.58 Å². The maximum Gasteiger partial charge on any atom is 0.336 e. The van der Waals surface area contributed by atoms with Gasteiger partial charge in [0.15, 0.2) is 5.58 Å². The van der Waals surface area contributed by atoms with Crippen LogP contribution in [0.3, 0.4) is 0 Å². The molecule has 21 heavy (non-hydrogen) atoms. The Labute approximate surface area is 124 Å². The van der Waals surface area contributed by atoms with Gasteiger partial charge in [0.25, 0.3) is 0 Å². The van der Waals surface area contributed by atoms with E-state index < -0.39 is 0 Å². The van der Waals surface area contributed by atoms with Crippen LogP contribution in [0.1, 0.15) is 36.8 Å². The Balaban J connectivity index is 2.03.